The van der Waals surface area contributed by atoms with E-state index in [9.17, 15) is 0 Å². The number of nitrogens with one attached hydrogen (secondary N) is 1. The van der Waals surface area contributed by atoms with Crippen LogP contribution in [0.25, 0.3) is 0 Å². The first-order chi connectivity index (χ1) is 8.31. The minimum absolute atomic E-state index is 0. The molecule has 19 heavy (non-hydrogen) atoms. The van der Waals surface area contributed by atoms with Gasteiger partial charge in [0, 0.05) is 37.1 Å². The van der Waals surface area contributed by atoms with E-state index in [1.807, 2.05) is 17.4 Å². The lowest BCUT2D eigenvalue weighted by Crippen LogP contribution is -2.45. The molecular weight excluding hydrogens is 367 g/mol. The van der Waals surface area contributed by atoms with Crippen molar-refractivity contribution >= 4 is 52.1 Å². The van der Waals surface area contributed by atoms with Crippen LogP contribution < -0.4 is 5.32 Å². The molecule has 0 saturated carbocycles. The number of piperazine rings is 1. The Morgan fingerprint density at radius 3 is 2.58 bits per heavy atom. The number of nitrogens with zero attached hydrogens (tertiary/aromatic N) is 1. The molecule has 1 aliphatic rings. The van der Waals surface area contributed by atoms with E-state index in [1.54, 1.807) is 0 Å². The minimum Gasteiger partial charge on any atom is -0.314 e. The molecule has 0 bridgehead atoms. The second kappa shape index (κ2) is 10.2. The first kappa shape index (κ1) is 19.4. The molecule has 2 nitrogen and oxygen atoms in total. The smallest absolute Gasteiger partial charge is 0.0701 e. The topological polar surface area (TPSA) is 15.3 Å². The van der Waals surface area contributed by atoms with E-state index in [4.69, 9.17) is 0 Å². The fourth-order valence-electron chi connectivity index (χ4n) is 2.28. The largest absolute Gasteiger partial charge is 0.314 e. The SMILES string of the molecule is C=CCC[C@@H](c1ccc(Br)s1)N1CCNCC1.Cl.Cl. The molecule has 0 aliphatic carbocycles. The summed E-state index contributed by atoms with van der Waals surface area (Å²) in [7, 11) is 0. The molecule has 1 fully saturated rings. The maximum atomic E-state index is 3.84. The van der Waals surface area contributed by atoms with Gasteiger partial charge in [-0.2, -0.15) is 0 Å². The van der Waals surface area contributed by atoms with E-state index >= 15 is 0 Å². The van der Waals surface area contributed by atoms with Crippen LogP contribution in [0.1, 0.15) is 23.8 Å². The van der Waals surface area contributed by atoms with Crippen LogP contribution in [0.15, 0.2) is 28.6 Å². The van der Waals surface area contributed by atoms with Crippen LogP contribution in [0.2, 0.25) is 0 Å². The van der Waals surface area contributed by atoms with E-state index < -0.39 is 0 Å². The standard InChI is InChI=1S/C13H19BrN2S.2ClH/c1-2-3-4-11(12-5-6-13(14)17-12)16-9-7-15-8-10-16;;/h2,5-6,11,15H,1,3-4,7-10H2;2*1H/t11-;;/m0../s1. The Labute approximate surface area is 140 Å². The summed E-state index contributed by atoms with van der Waals surface area (Å²) in [6.45, 7) is 8.36. The van der Waals surface area contributed by atoms with Gasteiger partial charge in [-0.05, 0) is 40.9 Å². The predicted molar refractivity (Wildman–Crippen MR) is 93.1 cm³/mol. The van der Waals surface area contributed by atoms with Crippen molar-refractivity contribution in [2.24, 2.45) is 0 Å². The van der Waals surface area contributed by atoms with E-state index in [0.29, 0.717) is 6.04 Å². The van der Waals surface area contributed by atoms with Crippen molar-refractivity contribution in [2.45, 2.75) is 18.9 Å². The second-order valence-electron chi connectivity index (χ2n) is 4.31. The lowest BCUT2D eigenvalue weighted by atomic mass is 10.1. The number of rotatable bonds is 5. The van der Waals surface area contributed by atoms with Crippen molar-refractivity contribution < 1.29 is 0 Å². The molecule has 0 unspecified atom stereocenters. The summed E-state index contributed by atoms with van der Waals surface area (Å²) in [5, 5.41) is 3.41. The molecule has 1 aromatic heterocycles. The molecule has 1 saturated heterocycles. The van der Waals surface area contributed by atoms with Gasteiger partial charge in [0.05, 0.1) is 3.79 Å². The van der Waals surface area contributed by atoms with Gasteiger partial charge in [0.1, 0.15) is 0 Å². The molecule has 1 atom stereocenters. The quantitative estimate of drug-likeness (QED) is 0.759. The highest BCUT2D eigenvalue weighted by Gasteiger charge is 2.22. The Morgan fingerprint density at radius 2 is 2.05 bits per heavy atom. The van der Waals surface area contributed by atoms with Gasteiger partial charge in [-0.1, -0.05) is 6.08 Å². The third-order valence-electron chi connectivity index (χ3n) is 3.16. The third-order valence-corrected chi connectivity index (χ3v) is 4.88. The fourth-order valence-corrected chi connectivity index (χ4v) is 3.87. The molecule has 0 amide bonds. The van der Waals surface area contributed by atoms with Crippen LogP contribution in [0.5, 0.6) is 0 Å². The van der Waals surface area contributed by atoms with E-state index in [0.717, 1.165) is 32.6 Å². The Hall–Kier alpha value is 0.420. The zero-order valence-electron chi connectivity index (χ0n) is 10.8. The van der Waals surface area contributed by atoms with E-state index in [1.165, 1.54) is 15.1 Å². The van der Waals surface area contributed by atoms with E-state index in [2.05, 4.69) is 44.9 Å². The number of hydrogen-bond acceptors (Lipinski definition) is 3. The summed E-state index contributed by atoms with van der Waals surface area (Å²) in [4.78, 5) is 4.07. The van der Waals surface area contributed by atoms with Gasteiger partial charge in [-0.25, -0.2) is 0 Å². The van der Waals surface area contributed by atoms with Crippen molar-refractivity contribution in [3.63, 3.8) is 0 Å². The minimum atomic E-state index is 0. The maximum Gasteiger partial charge on any atom is 0.0701 e. The van der Waals surface area contributed by atoms with Gasteiger partial charge in [0.15, 0.2) is 0 Å². The number of hydrogen-bond donors (Lipinski definition) is 1. The molecule has 2 heterocycles. The van der Waals surface area contributed by atoms with Crippen molar-refractivity contribution in [3.05, 3.63) is 33.5 Å². The van der Waals surface area contributed by atoms with Crippen molar-refractivity contribution in [1.82, 2.24) is 10.2 Å². The summed E-state index contributed by atoms with van der Waals surface area (Å²) < 4.78 is 1.23. The van der Waals surface area contributed by atoms with Crippen LogP contribution >= 0.6 is 52.1 Å². The van der Waals surface area contributed by atoms with Gasteiger partial charge in [-0.15, -0.1) is 42.7 Å². The van der Waals surface area contributed by atoms with Crippen LogP contribution in [0.3, 0.4) is 0 Å². The Bertz CT molecular complexity index is 367. The molecule has 110 valence electrons. The van der Waals surface area contributed by atoms with Gasteiger partial charge in [0.2, 0.25) is 0 Å². The fraction of sp³-hybridized carbons (Fsp3) is 0.538. The summed E-state index contributed by atoms with van der Waals surface area (Å²) in [6, 6.07) is 4.97. The summed E-state index contributed by atoms with van der Waals surface area (Å²) >= 11 is 5.42. The zero-order valence-corrected chi connectivity index (χ0v) is 14.8. The normalized spacial score (nSPS) is 17.1. The van der Waals surface area contributed by atoms with Gasteiger partial charge in [-0.3, -0.25) is 4.90 Å². The molecular formula is C13H21BrCl2N2S. The second-order valence-corrected chi connectivity index (χ2v) is 6.80. The first-order valence-electron chi connectivity index (χ1n) is 6.12. The van der Waals surface area contributed by atoms with E-state index in [-0.39, 0.29) is 24.8 Å². The highest BCUT2D eigenvalue weighted by molar-refractivity contribution is 9.11. The van der Waals surface area contributed by atoms with Crippen molar-refractivity contribution in [3.8, 4) is 0 Å². The molecule has 0 aromatic carbocycles. The lowest BCUT2D eigenvalue weighted by molar-refractivity contribution is 0.168. The van der Waals surface area contributed by atoms with Gasteiger partial charge in [0.25, 0.3) is 0 Å². The average Bonchev–Trinajstić information content (AvgIpc) is 2.78. The molecule has 1 aromatic rings. The molecule has 1 aliphatic heterocycles. The van der Waals surface area contributed by atoms with Crippen LogP contribution in [0.4, 0.5) is 0 Å². The summed E-state index contributed by atoms with van der Waals surface area (Å²) in [5.41, 5.74) is 0. The van der Waals surface area contributed by atoms with Gasteiger partial charge < -0.3 is 5.32 Å². The number of allylic oxidation sites excluding steroid dienone is 1. The Morgan fingerprint density at radius 1 is 1.37 bits per heavy atom. The number of halogens is 3. The highest BCUT2D eigenvalue weighted by Crippen LogP contribution is 2.33. The molecule has 0 radical (unpaired) electrons. The Balaban J connectivity index is 0.00000162. The monoisotopic (exact) mass is 386 g/mol. The van der Waals surface area contributed by atoms with Crippen LogP contribution in [0, 0.1) is 0 Å². The Kier molecular flexibility index (Phi) is 10.4. The average molecular weight is 388 g/mol. The summed E-state index contributed by atoms with van der Waals surface area (Å²) in [5.74, 6) is 0. The number of thiophene rings is 1. The molecule has 0 spiro atoms. The van der Waals surface area contributed by atoms with Crippen molar-refractivity contribution in [1.29, 1.82) is 0 Å². The maximum absolute atomic E-state index is 3.84. The predicted octanol–water partition coefficient (Wildman–Crippen LogP) is 4.27. The molecule has 2 rings (SSSR count). The van der Waals surface area contributed by atoms with Gasteiger partial charge >= 0.3 is 0 Å². The van der Waals surface area contributed by atoms with Crippen LogP contribution in [-0.2, 0) is 0 Å². The third kappa shape index (κ3) is 5.74. The van der Waals surface area contributed by atoms with Crippen LogP contribution in [-0.4, -0.2) is 31.1 Å². The molecule has 6 heteroatoms. The summed E-state index contributed by atoms with van der Waals surface area (Å²) in [6.07, 6.45) is 4.29. The lowest BCUT2D eigenvalue weighted by Gasteiger charge is -2.34. The first-order valence-corrected chi connectivity index (χ1v) is 7.73. The van der Waals surface area contributed by atoms with Crippen molar-refractivity contribution in [2.75, 3.05) is 26.2 Å². The molecule has 1 N–H and O–H groups in total. The highest BCUT2D eigenvalue weighted by atomic mass is 79.9. The zero-order chi connectivity index (χ0) is 12.1.